The van der Waals surface area contributed by atoms with Gasteiger partial charge in [-0.3, -0.25) is 0 Å². The molecule has 0 heterocycles. The lowest BCUT2D eigenvalue weighted by Gasteiger charge is -2.16. The summed E-state index contributed by atoms with van der Waals surface area (Å²) >= 11 is 0. The van der Waals surface area contributed by atoms with E-state index in [0.717, 1.165) is 53.5 Å². The van der Waals surface area contributed by atoms with E-state index in [1.54, 1.807) is 0 Å². The number of hydrogen-bond acceptors (Lipinski definition) is 0. The van der Waals surface area contributed by atoms with Crippen LogP contribution in [0.2, 0.25) is 0 Å². The van der Waals surface area contributed by atoms with E-state index in [1.165, 1.54) is 16.7 Å². The first-order chi connectivity index (χ1) is 14.2. The van der Waals surface area contributed by atoms with E-state index in [-0.39, 0.29) is 0 Å². The van der Waals surface area contributed by atoms with E-state index in [2.05, 4.69) is 82.5 Å². The lowest BCUT2D eigenvalue weighted by Crippen LogP contribution is -1.97. The molecule has 0 amide bonds. The van der Waals surface area contributed by atoms with Gasteiger partial charge in [0.1, 0.15) is 0 Å². The van der Waals surface area contributed by atoms with Gasteiger partial charge in [-0.25, -0.2) is 0 Å². The molecule has 0 nitrogen and oxygen atoms in total. The van der Waals surface area contributed by atoms with Gasteiger partial charge >= 0.3 is 0 Å². The minimum absolute atomic E-state index is 0.717. The summed E-state index contributed by atoms with van der Waals surface area (Å²) in [6.45, 7) is 27.2. The van der Waals surface area contributed by atoms with E-state index >= 15 is 0 Å². The van der Waals surface area contributed by atoms with Crippen molar-refractivity contribution in [2.75, 3.05) is 0 Å². The highest BCUT2D eigenvalue weighted by atomic mass is 14.2. The van der Waals surface area contributed by atoms with E-state index in [0.29, 0.717) is 6.42 Å². The van der Waals surface area contributed by atoms with Crippen LogP contribution in [0.5, 0.6) is 0 Å². The zero-order valence-corrected chi connectivity index (χ0v) is 19.9. The number of hydrogen-bond donors (Lipinski definition) is 0. The summed E-state index contributed by atoms with van der Waals surface area (Å²) in [7, 11) is 0. The third-order valence-corrected chi connectivity index (χ3v) is 4.76. The van der Waals surface area contributed by atoms with Gasteiger partial charge < -0.3 is 0 Å². The van der Waals surface area contributed by atoms with Crippen LogP contribution in [0.15, 0.2) is 107 Å². The highest BCUT2D eigenvalue weighted by molar-refractivity contribution is 5.45. The second kappa shape index (κ2) is 15.1. The van der Waals surface area contributed by atoms with E-state index in [9.17, 15) is 0 Å². The van der Waals surface area contributed by atoms with Crippen molar-refractivity contribution in [2.24, 2.45) is 0 Å². The molecule has 30 heavy (non-hydrogen) atoms. The van der Waals surface area contributed by atoms with Gasteiger partial charge in [-0.1, -0.05) is 80.7 Å². The van der Waals surface area contributed by atoms with Gasteiger partial charge in [0.25, 0.3) is 0 Å². The fourth-order valence-corrected chi connectivity index (χ4v) is 2.91. The zero-order valence-electron chi connectivity index (χ0n) is 19.9. The fraction of sp³-hybridized carbons (Fsp3) is 0.333. The normalized spacial score (nSPS) is 13.3. The minimum Gasteiger partial charge on any atom is -0.115 e. The van der Waals surface area contributed by atoms with Crippen molar-refractivity contribution in [2.45, 2.75) is 66.7 Å². The minimum atomic E-state index is 0.717. The maximum absolute atomic E-state index is 5.57. The lowest BCUT2D eigenvalue weighted by atomic mass is 9.89. The second-order valence-corrected chi connectivity index (χ2v) is 7.81. The van der Waals surface area contributed by atoms with Gasteiger partial charge in [0, 0.05) is 0 Å². The average molecular weight is 401 g/mol. The molecule has 160 valence electrons. The second-order valence-electron chi connectivity index (χ2n) is 7.81. The summed E-state index contributed by atoms with van der Waals surface area (Å²) < 4.78 is 0. The van der Waals surface area contributed by atoms with Crippen LogP contribution in [0.25, 0.3) is 0 Å². The van der Waals surface area contributed by atoms with Crippen molar-refractivity contribution < 1.29 is 0 Å². The van der Waals surface area contributed by atoms with Crippen molar-refractivity contribution in [1.82, 2.24) is 0 Å². The monoisotopic (exact) mass is 400 g/mol. The summed E-state index contributed by atoms with van der Waals surface area (Å²) in [5.41, 5.74) is 8.82. The molecule has 0 rings (SSSR count). The molecule has 0 bridgehead atoms. The van der Waals surface area contributed by atoms with Gasteiger partial charge in [0.15, 0.2) is 0 Å². The Balaban J connectivity index is 5.68. The van der Waals surface area contributed by atoms with Gasteiger partial charge in [-0.2, -0.15) is 0 Å². The summed E-state index contributed by atoms with van der Waals surface area (Å²) in [6.07, 6.45) is 22.6. The molecule has 0 unspecified atom stereocenters. The topological polar surface area (TPSA) is 0 Å². The quantitative estimate of drug-likeness (QED) is 0.164. The Labute approximate surface area is 186 Å². The van der Waals surface area contributed by atoms with Crippen LogP contribution in [-0.2, 0) is 0 Å². The first kappa shape index (κ1) is 27.2. The van der Waals surface area contributed by atoms with Crippen LogP contribution in [-0.4, -0.2) is 0 Å². The molecule has 0 N–H and O–H groups in total. The van der Waals surface area contributed by atoms with E-state index < -0.39 is 0 Å². The maximum atomic E-state index is 5.57. The smallest absolute Gasteiger partial charge is 0.00106 e. The summed E-state index contributed by atoms with van der Waals surface area (Å²) in [5.74, 6) is 2.72. The first-order valence-electron chi connectivity index (χ1n) is 10.7. The van der Waals surface area contributed by atoms with Crippen molar-refractivity contribution in [3.63, 3.8) is 0 Å². The summed E-state index contributed by atoms with van der Waals surface area (Å²) in [4.78, 5) is 0. The van der Waals surface area contributed by atoms with Crippen LogP contribution >= 0.6 is 0 Å². The SMILES string of the molecule is C#C/C(C)=C/C(C/C=C/C)=C(/C)C/C(=C\C(=C)C)C(=C)CC(=C)C(=C)C/C=C\CC. The molecule has 0 saturated carbocycles. The van der Waals surface area contributed by atoms with Crippen molar-refractivity contribution in [3.05, 3.63) is 107 Å². The first-order valence-corrected chi connectivity index (χ1v) is 10.7. The fourth-order valence-electron chi connectivity index (χ4n) is 2.91. The summed E-state index contributed by atoms with van der Waals surface area (Å²) in [6, 6.07) is 0. The third kappa shape index (κ3) is 11.3. The average Bonchev–Trinajstić information content (AvgIpc) is 2.69. The van der Waals surface area contributed by atoms with Crippen molar-refractivity contribution >= 4 is 0 Å². The molecule has 0 aromatic carbocycles. The molecular formula is C30H40. The largest absolute Gasteiger partial charge is 0.115 e. The van der Waals surface area contributed by atoms with Crippen LogP contribution in [0.3, 0.4) is 0 Å². The molecule has 0 saturated heterocycles. The standard InChI is InChI=1S/C30H40/c1-11-14-16-17-25(7)26(8)21-27(9)30(19-23(4)5)22-28(10)29(18-15-12-2)20-24(6)13-3/h3,12,14-16,19-20H,4,7-9,11,17-18,21-22H2,1-2,5-6,10H3/b15-12+,16-14-,24-20+,29-28-,30-19+. The molecular weight excluding hydrogens is 360 g/mol. The molecule has 0 radical (unpaired) electrons. The van der Waals surface area contributed by atoms with Crippen LogP contribution in [0.4, 0.5) is 0 Å². The Morgan fingerprint density at radius 2 is 1.50 bits per heavy atom. The number of terminal acetylenes is 1. The maximum Gasteiger partial charge on any atom is -0.00106 e. The molecule has 0 aromatic heterocycles. The highest BCUT2D eigenvalue weighted by Crippen LogP contribution is 2.29. The summed E-state index contributed by atoms with van der Waals surface area (Å²) in [5, 5.41) is 0. The Bertz CT molecular complexity index is 835. The Morgan fingerprint density at radius 1 is 0.833 bits per heavy atom. The number of rotatable bonds is 13. The van der Waals surface area contributed by atoms with Gasteiger partial charge in [0.2, 0.25) is 0 Å². The molecule has 0 atom stereocenters. The highest BCUT2D eigenvalue weighted by Gasteiger charge is 2.10. The molecule has 0 aliphatic heterocycles. The molecule has 0 aliphatic rings. The Kier molecular flexibility index (Phi) is 13.7. The predicted octanol–water partition coefficient (Wildman–Crippen LogP) is 9.16. The molecule has 0 aliphatic carbocycles. The Morgan fingerprint density at radius 3 is 2.03 bits per heavy atom. The van der Waals surface area contributed by atoms with Crippen LogP contribution in [0.1, 0.15) is 66.7 Å². The van der Waals surface area contributed by atoms with Crippen molar-refractivity contribution in [1.29, 1.82) is 0 Å². The number of allylic oxidation sites excluding steroid dienone is 14. The van der Waals surface area contributed by atoms with Crippen molar-refractivity contribution in [3.8, 4) is 12.3 Å². The molecule has 0 heteroatoms. The van der Waals surface area contributed by atoms with Crippen LogP contribution < -0.4 is 0 Å². The van der Waals surface area contributed by atoms with Gasteiger partial charge in [-0.05, 0) is 99.3 Å². The third-order valence-electron chi connectivity index (χ3n) is 4.76. The molecule has 0 aromatic rings. The predicted molar refractivity (Wildman–Crippen MR) is 138 cm³/mol. The Hall–Kier alpha value is -2.78. The molecule has 0 spiro atoms. The molecule has 0 fully saturated rings. The zero-order chi connectivity index (χ0) is 23.1. The lowest BCUT2D eigenvalue weighted by molar-refractivity contribution is 1.02. The van der Waals surface area contributed by atoms with Gasteiger partial charge in [0.05, 0.1) is 0 Å². The van der Waals surface area contributed by atoms with E-state index in [1.807, 2.05) is 20.8 Å². The van der Waals surface area contributed by atoms with E-state index in [4.69, 9.17) is 6.42 Å². The van der Waals surface area contributed by atoms with Crippen LogP contribution in [0, 0.1) is 12.3 Å². The van der Waals surface area contributed by atoms with Gasteiger partial charge in [-0.15, -0.1) is 6.42 Å².